The number of amides is 1. The molecule has 0 atom stereocenters. The Hall–Kier alpha value is -2.13. The highest BCUT2D eigenvalue weighted by Crippen LogP contribution is 2.09. The molecule has 2 rings (SSSR count). The molecule has 0 aliphatic heterocycles. The average Bonchev–Trinajstić information content (AvgIpc) is 2.55. The predicted octanol–water partition coefficient (Wildman–Crippen LogP) is 3.52. The van der Waals surface area contributed by atoms with Gasteiger partial charge in [0.1, 0.15) is 0 Å². The molecule has 0 radical (unpaired) electrons. The van der Waals surface area contributed by atoms with Gasteiger partial charge in [0, 0.05) is 19.1 Å². The molecule has 3 heteroatoms. The molecule has 0 saturated carbocycles. The van der Waals surface area contributed by atoms with Gasteiger partial charge < -0.3 is 10.2 Å². The van der Waals surface area contributed by atoms with Crippen LogP contribution in [-0.2, 0) is 17.9 Å². The predicted molar refractivity (Wildman–Crippen MR) is 95.0 cm³/mol. The van der Waals surface area contributed by atoms with E-state index in [1.807, 2.05) is 35.2 Å². The third-order valence-electron chi connectivity index (χ3n) is 3.99. The van der Waals surface area contributed by atoms with Crippen LogP contribution in [0.1, 0.15) is 30.5 Å². The van der Waals surface area contributed by atoms with Crippen molar-refractivity contribution < 1.29 is 4.79 Å². The van der Waals surface area contributed by atoms with Crippen LogP contribution in [0.4, 0.5) is 0 Å². The van der Waals surface area contributed by atoms with Gasteiger partial charge in [-0.1, -0.05) is 54.6 Å². The van der Waals surface area contributed by atoms with Gasteiger partial charge in [0.2, 0.25) is 5.91 Å². The Morgan fingerprint density at radius 1 is 1.04 bits per heavy atom. The van der Waals surface area contributed by atoms with Gasteiger partial charge >= 0.3 is 0 Å². The number of rotatable bonds is 7. The van der Waals surface area contributed by atoms with Crippen molar-refractivity contribution in [2.24, 2.45) is 0 Å². The summed E-state index contributed by atoms with van der Waals surface area (Å²) >= 11 is 0. The van der Waals surface area contributed by atoms with E-state index in [0.717, 1.165) is 12.1 Å². The lowest BCUT2D eigenvalue weighted by molar-refractivity contribution is -0.132. The van der Waals surface area contributed by atoms with Crippen molar-refractivity contribution in [2.75, 3.05) is 6.54 Å². The van der Waals surface area contributed by atoms with E-state index in [4.69, 9.17) is 0 Å². The largest absolute Gasteiger partial charge is 0.335 e. The lowest BCUT2D eigenvalue weighted by atomic mass is 10.1. The highest BCUT2D eigenvalue weighted by Gasteiger charge is 2.16. The summed E-state index contributed by atoms with van der Waals surface area (Å²) in [6, 6.07) is 18.6. The first kappa shape index (κ1) is 17.2. The third-order valence-corrected chi connectivity index (χ3v) is 3.99. The quantitative estimate of drug-likeness (QED) is 0.848. The van der Waals surface area contributed by atoms with E-state index >= 15 is 0 Å². The maximum atomic E-state index is 12.5. The molecular formula is C20H26N2O. The van der Waals surface area contributed by atoms with Gasteiger partial charge in [0.25, 0.3) is 0 Å². The number of nitrogens with zero attached hydrogens (tertiary/aromatic N) is 1. The molecule has 2 aromatic carbocycles. The molecule has 3 nitrogen and oxygen atoms in total. The van der Waals surface area contributed by atoms with Gasteiger partial charge in [0.05, 0.1) is 6.54 Å². The van der Waals surface area contributed by atoms with Gasteiger partial charge in [-0.2, -0.15) is 0 Å². The van der Waals surface area contributed by atoms with Crippen molar-refractivity contribution in [3.05, 3.63) is 71.3 Å². The fourth-order valence-corrected chi connectivity index (χ4v) is 2.55. The Bertz CT molecular complexity index is 623. The number of benzene rings is 2. The van der Waals surface area contributed by atoms with Crippen molar-refractivity contribution in [3.8, 4) is 0 Å². The lowest BCUT2D eigenvalue weighted by Crippen LogP contribution is -2.41. The van der Waals surface area contributed by atoms with Crippen molar-refractivity contribution in [2.45, 2.75) is 39.9 Å². The molecule has 0 fully saturated rings. The Morgan fingerprint density at radius 2 is 1.70 bits per heavy atom. The first-order valence-electron chi connectivity index (χ1n) is 8.16. The SMILES string of the molecule is Cc1ccccc1CNCC(=O)N(Cc1ccccc1)C(C)C. The van der Waals surface area contributed by atoms with Crippen LogP contribution in [0.2, 0.25) is 0 Å². The van der Waals surface area contributed by atoms with Gasteiger partial charge in [-0.15, -0.1) is 0 Å². The minimum Gasteiger partial charge on any atom is -0.335 e. The molecule has 0 heterocycles. The summed E-state index contributed by atoms with van der Waals surface area (Å²) in [5, 5.41) is 3.27. The van der Waals surface area contributed by atoms with Crippen LogP contribution in [0.5, 0.6) is 0 Å². The van der Waals surface area contributed by atoms with E-state index < -0.39 is 0 Å². The van der Waals surface area contributed by atoms with Gasteiger partial charge in [-0.3, -0.25) is 4.79 Å². The summed E-state index contributed by atoms with van der Waals surface area (Å²) in [7, 11) is 0. The number of carbonyl (C=O) groups is 1. The highest BCUT2D eigenvalue weighted by atomic mass is 16.2. The zero-order valence-electron chi connectivity index (χ0n) is 14.3. The zero-order chi connectivity index (χ0) is 16.7. The van der Waals surface area contributed by atoms with Crippen LogP contribution in [0.15, 0.2) is 54.6 Å². The van der Waals surface area contributed by atoms with Crippen molar-refractivity contribution in [1.29, 1.82) is 0 Å². The van der Waals surface area contributed by atoms with E-state index in [1.165, 1.54) is 11.1 Å². The van der Waals surface area contributed by atoms with Gasteiger partial charge in [-0.05, 0) is 37.5 Å². The van der Waals surface area contributed by atoms with Gasteiger partial charge in [-0.25, -0.2) is 0 Å². The minimum absolute atomic E-state index is 0.137. The number of hydrogen-bond donors (Lipinski definition) is 1. The maximum Gasteiger partial charge on any atom is 0.237 e. The summed E-state index contributed by atoms with van der Waals surface area (Å²) in [5.41, 5.74) is 3.64. The molecule has 23 heavy (non-hydrogen) atoms. The maximum absolute atomic E-state index is 12.5. The number of aryl methyl sites for hydroxylation is 1. The second-order valence-electron chi connectivity index (χ2n) is 6.13. The molecule has 0 aliphatic carbocycles. The molecule has 1 N–H and O–H groups in total. The first-order valence-corrected chi connectivity index (χ1v) is 8.16. The molecule has 1 amide bonds. The molecular weight excluding hydrogens is 284 g/mol. The molecule has 122 valence electrons. The van der Waals surface area contributed by atoms with Crippen molar-refractivity contribution >= 4 is 5.91 Å². The Morgan fingerprint density at radius 3 is 2.35 bits per heavy atom. The number of carbonyl (C=O) groups excluding carboxylic acids is 1. The summed E-state index contributed by atoms with van der Waals surface area (Å²) in [4.78, 5) is 14.4. The summed E-state index contributed by atoms with van der Waals surface area (Å²) in [6.45, 7) is 7.94. The normalized spacial score (nSPS) is 10.8. The first-order chi connectivity index (χ1) is 11.1. The second kappa shape index (κ2) is 8.49. The standard InChI is InChI=1S/C20H26N2O/c1-16(2)22(15-18-10-5-4-6-11-18)20(23)14-21-13-19-12-8-7-9-17(19)3/h4-12,16,21H,13-15H2,1-3H3. The zero-order valence-corrected chi connectivity index (χ0v) is 14.3. The van der Waals surface area contributed by atoms with Crippen LogP contribution in [0, 0.1) is 6.92 Å². The lowest BCUT2D eigenvalue weighted by Gasteiger charge is -2.27. The molecule has 0 aliphatic rings. The summed E-state index contributed by atoms with van der Waals surface area (Å²) in [6.07, 6.45) is 0. The molecule has 0 spiro atoms. The molecule has 2 aromatic rings. The monoisotopic (exact) mass is 310 g/mol. The Balaban J connectivity index is 1.90. The van der Waals surface area contributed by atoms with Crippen molar-refractivity contribution in [1.82, 2.24) is 10.2 Å². The van der Waals surface area contributed by atoms with Crippen LogP contribution < -0.4 is 5.32 Å². The van der Waals surface area contributed by atoms with Crippen LogP contribution in [0.3, 0.4) is 0 Å². The summed E-state index contributed by atoms with van der Waals surface area (Å²) < 4.78 is 0. The van der Waals surface area contributed by atoms with E-state index in [9.17, 15) is 4.79 Å². The van der Waals surface area contributed by atoms with E-state index in [2.05, 4.69) is 50.4 Å². The fraction of sp³-hybridized carbons (Fsp3) is 0.350. The smallest absolute Gasteiger partial charge is 0.237 e. The Kier molecular flexibility index (Phi) is 6.36. The second-order valence-corrected chi connectivity index (χ2v) is 6.13. The highest BCUT2D eigenvalue weighted by molar-refractivity contribution is 5.78. The third kappa shape index (κ3) is 5.22. The van der Waals surface area contributed by atoms with E-state index in [0.29, 0.717) is 13.1 Å². The molecule has 0 unspecified atom stereocenters. The van der Waals surface area contributed by atoms with Gasteiger partial charge in [0.15, 0.2) is 0 Å². The Labute approximate surface area is 139 Å². The average molecular weight is 310 g/mol. The molecule has 0 bridgehead atoms. The topological polar surface area (TPSA) is 32.3 Å². The van der Waals surface area contributed by atoms with E-state index in [1.54, 1.807) is 0 Å². The fourth-order valence-electron chi connectivity index (χ4n) is 2.55. The van der Waals surface area contributed by atoms with Crippen LogP contribution in [0.25, 0.3) is 0 Å². The van der Waals surface area contributed by atoms with Crippen molar-refractivity contribution in [3.63, 3.8) is 0 Å². The minimum atomic E-state index is 0.137. The molecule has 0 aromatic heterocycles. The van der Waals surface area contributed by atoms with Crippen LogP contribution >= 0.6 is 0 Å². The molecule has 0 saturated heterocycles. The number of nitrogens with one attached hydrogen (secondary N) is 1. The summed E-state index contributed by atoms with van der Waals surface area (Å²) in [5.74, 6) is 0.137. The number of hydrogen-bond acceptors (Lipinski definition) is 2. The van der Waals surface area contributed by atoms with E-state index in [-0.39, 0.29) is 11.9 Å². The van der Waals surface area contributed by atoms with Crippen LogP contribution in [-0.4, -0.2) is 23.4 Å².